The zero-order valence-electron chi connectivity index (χ0n) is 15.1. The Balaban J connectivity index is 2.26. The van der Waals surface area contributed by atoms with Crippen LogP contribution in [-0.4, -0.2) is 33.7 Å². The van der Waals surface area contributed by atoms with Crippen LogP contribution in [0.3, 0.4) is 0 Å². The molecule has 0 spiro atoms. The molecule has 7 heteroatoms. The summed E-state index contributed by atoms with van der Waals surface area (Å²) in [6, 6.07) is 10.1. The summed E-state index contributed by atoms with van der Waals surface area (Å²) in [5, 5.41) is 8.92. The molecular weight excluding hydrogens is 370 g/mol. The van der Waals surface area contributed by atoms with E-state index in [0.29, 0.717) is 33.6 Å². The van der Waals surface area contributed by atoms with Crippen LogP contribution in [0.4, 0.5) is 0 Å². The van der Waals surface area contributed by atoms with Crippen molar-refractivity contribution in [2.45, 2.75) is 0 Å². The molecule has 0 N–H and O–H groups in total. The van der Waals surface area contributed by atoms with Crippen molar-refractivity contribution in [2.24, 2.45) is 0 Å². The van der Waals surface area contributed by atoms with Crippen LogP contribution in [0.1, 0.15) is 15.9 Å². The van der Waals surface area contributed by atoms with E-state index in [4.69, 9.17) is 35.8 Å². The third kappa shape index (κ3) is 4.93. The fraction of sp³-hybridized carbons (Fsp3) is 0.200. The van der Waals surface area contributed by atoms with Gasteiger partial charge in [-0.05, 0) is 29.8 Å². The molecule has 0 saturated carbocycles. The van der Waals surface area contributed by atoms with E-state index in [0.717, 1.165) is 5.56 Å². The number of hydrogen-bond donors (Lipinski definition) is 0. The lowest BCUT2D eigenvalue weighted by atomic mass is 10.1. The van der Waals surface area contributed by atoms with Gasteiger partial charge in [0.15, 0.2) is 23.9 Å². The fourth-order valence-corrected chi connectivity index (χ4v) is 2.57. The average Bonchev–Trinajstić information content (AvgIpc) is 2.70. The van der Waals surface area contributed by atoms with Gasteiger partial charge in [-0.25, -0.2) is 0 Å². The Bertz CT molecular complexity index is 902. The van der Waals surface area contributed by atoms with Gasteiger partial charge in [-0.15, -0.1) is 0 Å². The summed E-state index contributed by atoms with van der Waals surface area (Å²) in [5.41, 5.74) is 1.04. The number of allylic oxidation sites excluding steroid dienone is 1. The van der Waals surface area contributed by atoms with Gasteiger partial charge in [0.1, 0.15) is 17.6 Å². The minimum absolute atomic E-state index is 0.0813. The largest absolute Gasteiger partial charge is 0.496 e. The normalized spacial score (nSPS) is 10.3. The Hall–Kier alpha value is -3.17. The summed E-state index contributed by atoms with van der Waals surface area (Å²) in [5.74, 6) is 1.42. The lowest BCUT2D eigenvalue weighted by molar-refractivity contribution is 0.104. The smallest absolute Gasteiger partial charge is 0.189 e. The number of hydrogen-bond acceptors (Lipinski definition) is 6. The lowest BCUT2D eigenvalue weighted by Gasteiger charge is -2.10. The fourth-order valence-electron chi connectivity index (χ4n) is 2.33. The van der Waals surface area contributed by atoms with Crippen molar-refractivity contribution in [1.82, 2.24) is 0 Å². The van der Waals surface area contributed by atoms with Gasteiger partial charge in [0.05, 0.1) is 31.9 Å². The molecule has 2 aromatic carbocycles. The molecule has 2 aromatic rings. The molecule has 27 heavy (non-hydrogen) atoms. The molecule has 0 heterocycles. The molecule has 0 fully saturated rings. The third-order valence-corrected chi connectivity index (χ3v) is 3.94. The highest BCUT2D eigenvalue weighted by Gasteiger charge is 2.14. The first-order valence-electron chi connectivity index (χ1n) is 7.85. The van der Waals surface area contributed by atoms with Crippen LogP contribution in [0.25, 0.3) is 6.08 Å². The first-order chi connectivity index (χ1) is 13.0. The second kappa shape index (κ2) is 9.51. The van der Waals surface area contributed by atoms with Crippen molar-refractivity contribution in [2.75, 3.05) is 27.9 Å². The van der Waals surface area contributed by atoms with Crippen LogP contribution in [0.5, 0.6) is 23.0 Å². The first-order valence-corrected chi connectivity index (χ1v) is 8.23. The summed E-state index contributed by atoms with van der Waals surface area (Å²) in [6.07, 6.45) is 3.04. The molecule has 6 nitrogen and oxygen atoms in total. The molecule has 0 radical (unpaired) electrons. The molecule has 0 amide bonds. The summed E-state index contributed by atoms with van der Waals surface area (Å²) in [6.45, 7) is -0.0813. The Labute approximate surface area is 162 Å². The maximum absolute atomic E-state index is 12.6. The highest BCUT2D eigenvalue weighted by molar-refractivity contribution is 6.32. The van der Waals surface area contributed by atoms with E-state index >= 15 is 0 Å². The van der Waals surface area contributed by atoms with Crippen LogP contribution in [0, 0.1) is 11.3 Å². The summed E-state index contributed by atoms with van der Waals surface area (Å²) in [7, 11) is 4.45. The van der Waals surface area contributed by atoms with Gasteiger partial charge in [0.25, 0.3) is 0 Å². The zero-order valence-corrected chi connectivity index (χ0v) is 15.9. The molecule has 0 aliphatic carbocycles. The van der Waals surface area contributed by atoms with Gasteiger partial charge in [0.2, 0.25) is 0 Å². The van der Waals surface area contributed by atoms with E-state index in [-0.39, 0.29) is 12.4 Å². The third-order valence-electron chi connectivity index (χ3n) is 3.65. The Morgan fingerprint density at radius 1 is 1.04 bits per heavy atom. The first kappa shape index (κ1) is 20.1. The van der Waals surface area contributed by atoms with Gasteiger partial charge in [-0.1, -0.05) is 23.7 Å². The summed E-state index contributed by atoms with van der Waals surface area (Å²) in [4.78, 5) is 12.6. The number of nitriles is 1. The number of ketones is 1. The van der Waals surface area contributed by atoms with Crippen molar-refractivity contribution in [3.8, 4) is 29.1 Å². The van der Waals surface area contributed by atoms with Gasteiger partial charge in [-0.3, -0.25) is 4.79 Å². The van der Waals surface area contributed by atoms with E-state index in [2.05, 4.69) is 0 Å². The van der Waals surface area contributed by atoms with E-state index in [1.165, 1.54) is 33.5 Å². The molecule has 0 unspecified atom stereocenters. The van der Waals surface area contributed by atoms with Crippen LogP contribution < -0.4 is 18.9 Å². The van der Waals surface area contributed by atoms with Gasteiger partial charge < -0.3 is 18.9 Å². The highest BCUT2D eigenvalue weighted by atomic mass is 35.5. The highest BCUT2D eigenvalue weighted by Crippen LogP contribution is 2.33. The van der Waals surface area contributed by atoms with E-state index in [1.807, 2.05) is 6.07 Å². The number of benzene rings is 2. The van der Waals surface area contributed by atoms with Crippen LogP contribution in [-0.2, 0) is 0 Å². The molecule has 140 valence electrons. The molecule has 2 rings (SSSR count). The Kier molecular flexibility index (Phi) is 7.09. The molecule has 0 saturated heterocycles. The number of carbonyl (C=O) groups excluding carboxylic acids is 1. The molecule has 0 bridgehead atoms. The monoisotopic (exact) mass is 387 g/mol. The van der Waals surface area contributed by atoms with Crippen LogP contribution in [0.15, 0.2) is 36.4 Å². The number of carbonyl (C=O) groups is 1. The van der Waals surface area contributed by atoms with Crippen molar-refractivity contribution in [3.05, 3.63) is 52.6 Å². The number of ether oxygens (including phenoxy) is 4. The molecule has 0 aliphatic heterocycles. The average molecular weight is 388 g/mol. The Morgan fingerprint density at radius 2 is 1.74 bits per heavy atom. The molecule has 0 aromatic heterocycles. The van der Waals surface area contributed by atoms with Crippen LogP contribution in [0.2, 0.25) is 5.02 Å². The van der Waals surface area contributed by atoms with Crippen LogP contribution >= 0.6 is 11.6 Å². The van der Waals surface area contributed by atoms with E-state index < -0.39 is 0 Å². The predicted octanol–water partition coefficient (Wildman–Crippen LogP) is 4.16. The molecule has 0 aliphatic rings. The second-order valence-electron chi connectivity index (χ2n) is 5.24. The zero-order chi connectivity index (χ0) is 19.8. The molecular formula is C20H18ClNO5. The summed E-state index contributed by atoms with van der Waals surface area (Å²) < 4.78 is 20.9. The number of nitrogens with zero attached hydrogens (tertiary/aromatic N) is 1. The Morgan fingerprint density at radius 3 is 2.37 bits per heavy atom. The minimum Gasteiger partial charge on any atom is -0.496 e. The SMILES string of the molecule is COc1cc(OC)c(C(=O)/C=C/c2ccc(OCC#N)c(OC)c2)cc1Cl. The number of methoxy groups -OCH3 is 3. The minimum atomic E-state index is -0.278. The second-order valence-corrected chi connectivity index (χ2v) is 5.65. The van der Waals surface area contributed by atoms with Crippen molar-refractivity contribution >= 4 is 23.5 Å². The van der Waals surface area contributed by atoms with Gasteiger partial charge in [-0.2, -0.15) is 5.26 Å². The molecule has 0 atom stereocenters. The van der Waals surface area contributed by atoms with Crippen molar-refractivity contribution < 1.29 is 23.7 Å². The van der Waals surface area contributed by atoms with Crippen molar-refractivity contribution in [3.63, 3.8) is 0 Å². The summed E-state index contributed by atoms with van der Waals surface area (Å²) >= 11 is 6.11. The van der Waals surface area contributed by atoms with E-state index in [9.17, 15) is 4.79 Å². The maximum Gasteiger partial charge on any atom is 0.189 e. The number of rotatable bonds is 8. The maximum atomic E-state index is 12.6. The van der Waals surface area contributed by atoms with E-state index in [1.54, 1.807) is 30.3 Å². The number of halogens is 1. The lowest BCUT2D eigenvalue weighted by Crippen LogP contribution is -2.00. The topological polar surface area (TPSA) is 77.8 Å². The van der Waals surface area contributed by atoms with Gasteiger partial charge >= 0.3 is 0 Å². The standard InChI is InChI=1S/C20H18ClNO5/c1-24-18-12-19(25-2)15(21)11-14(18)16(23)6-4-13-5-7-17(27-9-8-22)20(10-13)26-3/h4-7,10-12H,9H2,1-3H3/b6-4+. The van der Waals surface area contributed by atoms with Gasteiger partial charge in [0, 0.05) is 6.07 Å². The quantitative estimate of drug-likeness (QED) is 0.500. The van der Waals surface area contributed by atoms with Crippen molar-refractivity contribution in [1.29, 1.82) is 5.26 Å². The predicted molar refractivity (Wildman–Crippen MR) is 102 cm³/mol.